The van der Waals surface area contributed by atoms with E-state index in [1.807, 2.05) is 19.1 Å². The summed E-state index contributed by atoms with van der Waals surface area (Å²) in [5, 5.41) is 0. The maximum Gasteiger partial charge on any atom is 0.146 e. The van der Waals surface area contributed by atoms with Gasteiger partial charge < -0.3 is 0 Å². The molecular weight excluding hydrogens is 248 g/mol. The van der Waals surface area contributed by atoms with Gasteiger partial charge in [0.15, 0.2) is 0 Å². The van der Waals surface area contributed by atoms with Crippen LogP contribution in [0, 0.1) is 6.92 Å². The molecule has 0 unspecified atom stereocenters. The van der Waals surface area contributed by atoms with Crippen molar-refractivity contribution in [3.05, 3.63) is 25.9 Å². The molecule has 0 saturated carbocycles. The number of hydrogen-bond acceptors (Lipinski definition) is 2. The normalized spacial score (nSPS) is 11.8. The third-order valence-corrected chi connectivity index (χ3v) is 3.85. The maximum absolute atomic E-state index is 10.6. The SMILES string of the molecule is CCC(C=O)=Cc1cc(Br)c(C)s1. The monoisotopic (exact) mass is 258 g/mol. The summed E-state index contributed by atoms with van der Waals surface area (Å²) in [5.41, 5.74) is 0.841. The van der Waals surface area contributed by atoms with E-state index in [-0.39, 0.29) is 0 Å². The average molecular weight is 259 g/mol. The van der Waals surface area contributed by atoms with E-state index >= 15 is 0 Å². The van der Waals surface area contributed by atoms with E-state index in [4.69, 9.17) is 0 Å². The van der Waals surface area contributed by atoms with Crippen molar-refractivity contribution in [3.8, 4) is 0 Å². The summed E-state index contributed by atoms with van der Waals surface area (Å²) >= 11 is 5.13. The number of carbonyl (C=O) groups is 1. The van der Waals surface area contributed by atoms with E-state index in [9.17, 15) is 4.79 Å². The minimum absolute atomic E-state index is 0.790. The molecule has 0 atom stereocenters. The Hall–Kier alpha value is -0.410. The van der Waals surface area contributed by atoms with Crippen LogP contribution in [0.2, 0.25) is 0 Å². The lowest BCUT2D eigenvalue weighted by molar-refractivity contribution is -0.104. The Labute approximate surface area is 90.6 Å². The van der Waals surface area contributed by atoms with E-state index in [0.717, 1.165) is 27.6 Å². The predicted octanol–water partition coefficient (Wildman–Crippen LogP) is 3.81. The van der Waals surface area contributed by atoms with Gasteiger partial charge in [0.05, 0.1) is 0 Å². The molecule has 1 heterocycles. The van der Waals surface area contributed by atoms with Crippen molar-refractivity contribution in [2.45, 2.75) is 20.3 Å². The van der Waals surface area contributed by atoms with E-state index in [1.54, 1.807) is 11.3 Å². The molecule has 1 aromatic rings. The molecule has 70 valence electrons. The second-order valence-electron chi connectivity index (χ2n) is 2.74. The Morgan fingerprint density at radius 3 is 2.77 bits per heavy atom. The molecular formula is C10H11BrOS. The molecule has 0 aliphatic carbocycles. The zero-order valence-corrected chi connectivity index (χ0v) is 10.0. The molecule has 0 N–H and O–H groups in total. The van der Waals surface area contributed by atoms with Crippen LogP contribution in [0.5, 0.6) is 0 Å². The van der Waals surface area contributed by atoms with Crippen LogP contribution >= 0.6 is 27.3 Å². The molecule has 0 bridgehead atoms. The van der Waals surface area contributed by atoms with Crippen molar-refractivity contribution >= 4 is 39.6 Å². The van der Waals surface area contributed by atoms with Crippen molar-refractivity contribution < 1.29 is 4.79 Å². The smallest absolute Gasteiger partial charge is 0.146 e. The Morgan fingerprint density at radius 1 is 1.69 bits per heavy atom. The molecule has 0 spiro atoms. The average Bonchev–Trinajstić information content (AvgIpc) is 2.42. The van der Waals surface area contributed by atoms with Gasteiger partial charge in [-0.05, 0) is 47.0 Å². The number of halogens is 1. The van der Waals surface area contributed by atoms with Gasteiger partial charge in [-0.15, -0.1) is 11.3 Å². The molecule has 0 aliphatic heterocycles. The van der Waals surface area contributed by atoms with Crippen LogP contribution in [0.4, 0.5) is 0 Å². The lowest BCUT2D eigenvalue weighted by atomic mass is 10.2. The van der Waals surface area contributed by atoms with E-state index < -0.39 is 0 Å². The van der Waals surface area contributed by atoms with Crippen molar-refractivity contribution in [1.29, 1.82) is 0 Å². The number of aldehydes is 1. The largest absolute Gasteiger partial charge is 0.298 e. The quantitative estimate of drug-likeness (QED) is 0.596. The van der Waals surface area contributed by atoms with Gasteiger partial charge in [-0.2, -0.15) is 0 Å². The summed E-state index contributed by atoms with van der Waals surface area (Å²) < 4.78 is 1.12. The van der Waals surface area contributed by atoms with Crippen molar-refractivity contribution in [3.63, 3.8) is 0 Å². The zero-order chi connectivity index (χ0) is 9.84. The maximum atomic E-state index is 10.6. The fourth-order valence-electron chi connectivity index (χ4n) is 0.955. The summed E-state index contributed by atoms with van der Waals surface area (Å²) in [6.45, 7) is 4.04. The van der Waals surface area contributed by atoms with Gasteiger partial charge in [0.25, 0.3) is 0 Å². The Bertz CT molecular complexity index is 319. The highest BCUT2D eigenvalue weighted by atomic mass is 79.9. The first kappa shape index (κ1) is 10.7. The van der Waals surface area contributed by atoms with Gasteiger partial charge in [0.2, 0.25) is 0 Å². The summed E-state index contributed by atoms with van der Waals surface area (Å²) in [6.07, 6.45) is 3.65. The molecule has 0 aliphatic rings. The highest BCUT2D eigenvalue weighted by molar-refractivity contribution is 9.10. The first-order valence-corrected chi connectivity index (χ1v) is 5.70. The molecule has 0 aromatic carbocycles. The van der Waals surface area contributed by atoms with Gasteiger partial charge in [0.1, 0.15) is 6.29 Å². The van der Waals surface area contributed by atoms with E-state index in [1.165, 1.54) is 4.88 Å². The topological polar surface area (TPSA) is 17.1 Å². The van der Waals surface area contributed by atoms with Gasteiger partial charge in [-0.3, -0.25) is 4.79 Å². The van der Waals surface area contributed by atoms with E-state index in [0.29, 0.717) is 0 Å². The minimum Gasteiger partial charge on any atom is -0.298 e. The van der Waals surface area contributed by atoms with Gasteiger partial charge in [-0.1, -0.05) is 6.92 Å². The van der Waals surface area contributed by atoms with Crippen LogP contribution in [-0.4, -0.2) is 6.29 Å². The van der Waals surface area contributed by atoms with Crippen LogP contribution in [-0.2, 0) is 4.79 Å². The van der Waals surface area contributed by atoms with Gasteiger partial charge in [-0.25, -0.2) is 0 Å². The van der Waals surface area contributed by atoms with Crippen LogP contribution < -0.4 is 0 Å². The minimum atomic E-state index is 0.790. The van der Waals surface area contributed by atoms with Gasteiger partial charge >= 0.3 is 0 Å². The predicted molar refractivity (Wildman–Crippen MR) is 61.1 cm³/mol. The number of rotatable bonds is 3. The lowest BCUT2D eigenvalue weighted by Gasteiger charge is -1.90. The third kappa shape index (κ3) is 2.78. The summed E-state index contributed by atoms with van der Waals surface area (Å²) in [7, 11) is 0. The van der Waals surface area contributed by atoms with Crippen LogP contribution in [0.15, 0.2) is 16.1 Å². The van der Waals surface area contributed by atoms with Crippen molar-refractivity contribution in [2.75, 3.05) is 0 Å². The Morgan fingerprint density at radius 2 is 2.38 bits per heavy atom. The molecule has 0 fully saturated rings. The number of carbonyl (C=O) groups excluding carboxylic acids is 1. The molecule has 3 heteroatoms. The zero-order valence-electron chi connectivity index (χ0n) is 7.63. The fraction of sp³-hybridized carbons (Fsp3) is 0.300. The summed E-state index contributed by atoms with van der Waals surface area (Å²) in [5.74, 6) is 0. The molecule has 0 amide bonds. The molecule has 1 rings (SSSR count). The first-order chi connectivity index (χ1) is 6.17. The standard InChI is InChI=1S/C10H11BrOS/c1-3-8(6-12)4-9-5-10(11)7(2)13-9/h4-6H,3H2,1-2H3. The second kappa shape index (κ2) is 4.72. The third-order valence-electron chi connectivity index (χ3n) is 1.76. The van der Waals surface area contributed by atoms with Crippen LogP contribution in [0.1, 0.15) is 23.1 Å². The Kier molecular flexibility index (Phi) is 3.88. The fourth-order valence-corrected chi connectivity index (χ4v) is 2.49. The van der Waals surface area contributed by atoms with Gasteiger partial charge in [0, 0.05) is 14.2 Å². The second-order valence-corrected chi connectivity index (χ2v) is 4.89. The molecule has 0 saturated heterocycles. The highest BCUT2D eigenvalue weighted by Gasteiger charge is 2.01. The highest BCUT2D eigenvalue weighted by Crippen LogP contribution is 2.27. The molecule has 1 nitrogen and oxygen atoms in total. The lowest BCUT2D eigenvalue weighted by Crippen LogP contribution is -1.79. The van der Waals surface area contributed by atoms with Crippen LogP contribution in [0.25, 0.3) is 6.08 Å². The van der Waals surface area contributed by atoms with E-state index in [2.05, 4.69) is 22.9 Å². The van der Waals surface area contributed by atoms with Crippen molar-refractivity contribution in [2.24, 2.45) is 0 Å². The number of hydrogen-bond donors (Lipinski definition) is 0. The number of allylic oxidation sites excluding steroid dienone is 1. The number of thiophene rings is 1. The molecule has 1 aromatic heterocycles. The first-order valence-electron chi connectivity index (χ1n) is 4.09. The molecule has 13 heavy (non-hydrogen) atoms. The Balaban J connectivity index is 2.96. The molecule has 0 radical (unpaired) electrons. The van der Waals surface area contributed by atoms with Crippen LogP contribution in [0.3, 0.4) is 0 Å². The summed E-state index contributed by atoms with van der Waals surface area (Å²) in [4.78, 5) is 12.9. The summed E-state index contributed by atoms with van der Waals surface area (Å²) in [6, 6.07) is 2.04. The van der Waals surface area contributed by atoms with Crippen molar-refractivity contribution in [1.82, 2.24) is 0 Å². The number of aryl methyl sites for hydroxylation is 1.